The maximum atomic E-state index is 15.5. The molecule has 3 aromatic carbocycles. The van der Waals surface area contributed by atoms with Crippen molar-refractivity contribution in [3.63, 3.8) is 0 Å². The second-order valence-electron chi connectivity index (χ2n) is 9.87. The number of rotatable bonds is 6. The summed E-state index contributed by atoms with van der Waals surface area (Å²) in [6.07, 6.45) is 0.173. The first kappa shape index (κ1) is 28.0. The molecule has 2 fully saturated rings. The largest absolute Gasteiger partial charge is 0.367 e. The van der Waals surface area contributed by atoms with Crippen molar-refractivity contribution in [3.05, 3.63) is 102 Å². The minimum absolute atomic E-state index is 0.0540. The van der Waals surface area contributed by atoms with Crippen molar-refractivity contribution >= 4 is 46.0 Å². The van der Waals surface area contributed by atoms with Crippen molar-refractivity contribution in [3.8, 4) is 0 Å². The van der Waals surface area contributed by atoms with Crippen LogP contribution in [0.5, 0.6) is 0 Å². The van der Waals surface area contributed by atoms with Crippen molar-refractivity contribution in [1.29, 1.82) is 0 Å². The van der Waals surface area contributed by atoms with Crippen LogP contribution in [0.15, 0.2) is 48.5 Å². The average molecular weight is 595 g/mol. The van der Waals surface area contributed by atoms with Crippen LogP contribution in [0, 0.1) is 31.9 Å². The van der Waals surface area contributed by atoms with E-state index in [1.54, 1.807) is 17.0 Å². The maximum Gasteiger partial charge on any atom is 0.288 e. The van der Waals surface area contributed by atoms with Crippen LogP contribution in [-0.4, -0.2) is 29.1 Å². The Kier molecular flexibility index (Phi) is 7.78. The molecule has 0 amide bonds. The van der Waals surface area contributed by atoms with Gasteiger partial charge in [-0.15, -0.1) is 0 Å². The molecule has 210 valence electrons. The summed E-state index contributed by atoms with van der Waals surface area (Å²) >= 11 is 12.0. The van der Waals surface area contributed by atoms with E-state index in [4.69, 9.17) is 23.2 Å². The first-order valence-electron chi connectivity index (χ1n) is 12.6. The number of nitro benzene ring substituents is 2. The number of halogens is 5. The fourth-order valence-corrected chi connectivity index (χ4v) is 6.03. The van der Waals surface area contributed by atoms with Crippen LogP contribution in [0.1, 0.15) is 48.9 Å². The molecule has 0 radical (unpaired) electrons. The molecule has 2 aliphatic rings. The molecule has 0 aromatic heterocycles. The van der Waals surface area contributed by atoms with Crippen LogP contribution in [0.2, 0.25) is 10.0 Å². The molecule has 0 spiro atoms. The Hall–Kier alpha value is -3.57. The number of benzene rings is 3. The van der Waals surface area contributed by atoms with E-state index in [2.05, 4.69) is 0 Å². The molecule has 2 saturated heterocycles. The quantitative estimate of drug-likeness (QED) is 0.211. The molecule has 3 aromatic rings. The lowest BCUT2D eigenvalue weighted by molar-refractivity contribution is -0.384. The molecule has 2 atom stereocenters. The van der Waals surface area contributed by atoms with Gasteiger partial charge in [-0.1, -0.05) is 35.3 Å². The fourth-order valence-electron chi connectivity index (χ4n) is 5.65. The summed E-state index contributed by atoms with van der Waals surface area (Å²) in [5, 5.41) is 23.0. The highest BCUT2D eigenvalue weighted by molar-refractivity contribution is 6.33. The van der Waals surface area contributed by atoms with Crippen LogP contribution in [-0.2, 0) is 0 Å². The zero-order valence-corrected chi connectivity index (χ0v) is 22.4. The Labute approximate surface area is 237 Å². The highest BCUT2D eigenvalue weighted by Gasteiger charge is 2.38. The lowest BCUT2D eigenvalue weighted by atomic mass is 10.0. The maximum absolute atomic E-state index is 15.5. The molecule has 2 unspecified atom stereocenters. The molecular weight excluding hydrogens is 572 g/mol. The summed E-state index contributed by atoms with van der Waals surface area (Å²) in [4.78, 5) is 25.1. The molecule has 0 aliphatic carbocycles. The monoisotopic (exact) mass is 594 g/mol. The van der Waals surface area contributed by atoms with E-state index >= 15 is 8.78 Å². The van der Waals surface area contributed by atoms with Crippen LogP contribution < -0.4 is 9.80 Å². The van der Waals surface area contributed by atoms with Crippen molar-refractivity contribution in [2.75, 3.05) is 22.9 Å². The van der Waals surface area contributed by atoms with E-state index in [0.717, 1.165) is 0 Å². The molecule has 8 nitrogen and oxygen atoms in total. The van der Waals surface area contributed by atoms with Crippen molar-refractivity contribution in [2.24, 2.45) is 0 Å². The molecule has 2 heterocycles. The second-order valence-corrected chi connectivity index (χ2v) is 10.7. The molecule has 0 bridgehead atoms. The van der Waals surface area contributed by atoms with E-state index in [1.165, 1.54) is 41.3 Å². The second kappa shape index (κ2) is 11.1. The summed E-state index contributed by atoms with van der Waals surface area (Å²) in [6.45, 7) is 0.346. The third-order valence-corrected chi connectivity index (χ3v) is 8.17. The number of anilines is 2. The van der Waals surface area contributed by atoms with Gasteiger partial charge in [-0.25, -0.2) is 13.2 Å². The van der Waals surface area contributed by atoms with E-state index in [0.29, 0.717) is 24.0 Å². The van der Waals surface area contributed by atoms with Gasteiger partial charge in [-0.2, -0.15) is 0 Å². The zero-order valence-electron chi connectivity index (χ0n) is 20.9. The summed E-state index contributed by atoms with van der Waals surface area (Å²) in [5.74, 6) is -1.67. The molecule has 0 N–H and O–H groups in total. The van der Waals surface area contributed by atoms with Crippen LogP contribution in [0.25, 0.3) is 0 Å². The summed E-state index contributed by atoms with van der Waals surface area (Å²) < 4.78 is 44.7. The van der Waals surface area contributed by atoms with E-state index < -0.39 is 39.7 Å². The Balaban J connectivity index is 1.61. The third-order valence-electron chi connectivity index (χ3n) is 7.53. The fraction of sp³-hybridized carbons (Fsp3) is 0.333. The number of hydrogen-bond acceptors (Lipinski definition) is 6. The predicted octanol–water partition coefficient (Wildman–Crippen LogP) is 8.11. The number of alkyl halides is 1. The SMILES string of the molecule is O=[N+]([O-])c1cc(C2CCC(c3ccc(Cl)c([N+](=O)[O-])c3)N2c2cc(F)c(N3CCC(F)CC3)c(F)c2)ccc1Cl. The van der Waals surface area contributed by atoms with Gasteiger partial charge in [-0.3, -0.25) is 20.2 Å². The molecule has 0 saturated carbocycles. The van der Waals surface area contributed by atoms with Gasteiger partial charge < -0.3 is 9.80 Å². The predicted molar refractivity (Wildman–Crippen MR) is 146 cm³/mol. The smallest absolute Gasteiger partial charge is 0.288 e. The minimum atomic E-state index is -1.01. The highest BCUT2D eigenvalue weighted by atomic mass is 35.5. The number of hydrogen-bond donors (Lipinski definition) is 0. The van der Waals surface area contributed by atoms with Gasteiger partial charge in [0.25, 0.3) is 11.4 Å². The first-order chi connectivity index (χ1) is 19.0. The summed E-state index contributed by atoms with van der Waals surface area (Å²) in [5.41, 5.74) is 0.283. The Morgan fingerprint density at radius 2 is 1.20 bits per heavy atom. The van der Waals surface area contributed by atoms with Crippen molar-refractivity contribution < 1.29 is 23.0 Å². The van der Waals surface area contributed by atoms with Gasteiger partial charge in [0.15, 0.2) is 11.6 Å². The average Bonchev–Trinajstić information content (AvgIpc) is 3.35. The van der Waals surface area contributed by atoms with Gasteiger partial charge in [0.1, 0.15) is 21.9 Å². The minimum Gasteiger partial charge on any atom is -0.367 e. The van der Waals surface area contributed by atoms with Crippen LogP contribution in [0.4, 0.5) is 35.9 Å². The molecular formula is C27H23Cl2F3N4O4. The Bertz CT molecular complexity index is 1390. The number of nitrogens with zero attached hydrogens (tertiary/aromatic N) is 4. The number of nitro groups is 2. The van der Waals surface area contributed by atoms with Gasteiger partial charge >= 0.3 is 0 Å². The van der Waals surface area contributed by atoms with Gasteiger partial charge in [0.05, 0.1) is 21.9 Å². The van der Waals surface area contributed by atoms with E-state index in [1.807, 2.05) is 0 Å². The topological polar surface area (TPSA) is 92.8 Å². The zero-order chi connectivity index (χ0) is 28.7. The molecule has 2 aliphatic heterocycles. The lowest BCUT2D eigenvalue weighted by Crippen LogP contribution is -2.35. The van der Waals surface area contributed by atoms with Gasteiger partial charge in [0.2, 0.25) is 0 Å². The van der Waals surface area contributed by atoms with Crippen LogP contribution >= 0.6 is 23.2 Å². The van der Waals surface area contributed by atoms with Crippen LogP contribution in [0.3, 0.4) is 0 Å². The van der Waals surface area contributed by atoms with Gasteiger partial charge in [-0.05, 0) is 61.1 Å². The molecule has 13 heteroatoms. The van der Waals surface area contributed by atoms with Gasteiger partial charge in [0, 0.05) is 30.9 Å². The lowest BCUT2D eigenvalue weighted by Gasteiger charge is -2.35. The Morgan fingerprint density at radius 1 is 0.750 bits per heavy atom. The van der Waals surface area contributed by atoms with E-state index in [-0.39, 0.29) is 58.7 Å². The van der Waals surface area contributed by atoms with E-state index in [9.17, 15) is 24.6 Å². The highest BCUT2D eigenvalue weighted by Crippen LogP contribution is 2.49. The summed E-state index contributed by atoms with van der Waals surface area (Å²) in [7, 11) is 0. The number of piperidine rings is 1. The third kappa shape index (κ3) is 5.27. The standard InChI is InChI=1S/C27H23Cl2F3N4O4/c28-19-3-1-15(11-25(19)35(37)38)23-5-6-24(16-2-4-20(29)26(12-16)36(39)40)34(23)18-13-21(31)27(22(32)14-18)33-9-7-17(30)8-10-33/h1-4,11-14,17,23-24H,5-10H2. The Morgan fingerprint density at radius 3 is 1.62 bits per heavy atom. The molecule has 5 rings (SSSR count). The van der Waals surface area contributed by atoms with Crippen molar-refractivity contribution in [2.45, 2.75) is 43.9 Å². The first-order valence-corrected chi connectivity index (χ1v) is 13.3. The normalized spacial score (nSPS) is 19.7. The summed E-state index contributed by atoms with van der Waals surface area (Å²) in [6, 6.07) is 9.90. The molecule has 40 heavy (non-hydrogen) atoms. The van der Waals surface area contributed by atoms with Crippen molar-refractivity contribution in [1.82, 2.24) is 0 Å².